The van der Waals surface area contributed by atoms with Gasteiger partial charge in [0.2, 0.25) is 5.91 Å². The Bertz CT molecular complexity index is 401. The summed E-state index contributed by atoms with van der Waals surface area (Å²) in [5, 5.41) is 3.00. The molecule has 1 unspecified atom stereocenters. The zero-order valence-electron chi connectivity index (χ0n) is 12.3. The van der Waals surface area contributed by atoms with Crippen molar-refractivity contribution in [3.8, 4) is 0 Å². The van der Waals surface area contributed by atoms with E-state index in [0.717, 1.165) is 18.5 Å². The molecule has 0 aliphatic carbocycles. The number of aryl methyl sites for hydroxylation is 1. The van der Waals surface area contributed by atoms with Crippen LogP contribution in [0.3, 0.4) is 0 Å². The third kappa shape index (κ3) is 5.43. The van der Waals surface area contributed by atoms with Crippen molar-refractivity contribution in [3.63, 3.8) is 0 Å². The van der Waals surface area contributed by atoms with E-state index in [1.54, 1.807) is 0 Å². The quantitative estimate of drug-likeness (QED) is 0.793. The lowest BCUT2D eigenvalue weighted by molar-refractivity contribution is -0.117. The highest BCUT2D eigenvalue weighted by Gasteiger charge is 2.14. The molecule has 3 nitrogen and oxygen atoms in total. The molecule has 0 aliphatic rings. The van der Waals surface area contributed by atoms with Crippen molar-refractivity contribution < 1.29 is 4.79 Å². The van der Waals surface area contributed by atoms with Gasteiger partial charge in [0.1, 0.15) is 0 Å². The normalized spacial score (nSPS) is 12.5. The van der Waals surface area contributed by atoms with E-state index >= 15 is 0 Å². The largest absolute Gasteiger partial charge is 0.330 e. The highest BCUT2D eigenvalue weighted by Crippen LogP contribution is 2.18. The van der Waals surface area contributed by atoms with Gasteiger partial charge in [0, 0.05) is 12.1 Å². The summed E-state index contributed by atoms with van der Waals surface area (Å²) in [5.74, 6) is 0.912. The van der Waals surface area contributed by atoms with Gasteiger partial charge in [-0.3, -0.25) is 4.79 Å². The standard InChI is InChI=1S/C16H26N2O/c1-4-14-7-5-6-8-15(14)18-16(19)10-13(11-17)9-12(2)3/h5-8,12-13H,4,9-11,17H2,1-3H3,(H,18,19). The first-order valence-corrected chi connectivity index (χ1v) is 7.14. The average molecular weight is 262 g/mol. The Morgan fingerprint density at radius 1 is 1.32 bits per heavy atom. The van der Waals surface area contributed by atoms with Gasteiger partial charge >= 0.3 is 0 Å². The van der Waals surface area contributed by atoms with E-state index in [4.69, 9.17) is 5.73 Å². The number of benzene rings is 1. The molecule has 1 aromatic carbocycles. The zero-order valence-corrected chi connectivity index (χ0v) is 12.3. The Hall–Kier alpha value is -1.35. The average Bonchev–Trinajstić information content (AvgIpc) is 2.38. The maximum absolute atomic E-state index is 12.1. The van der Waals surface area contributed by atoms with Gasteiger partial charge in [-0.25, -0.2) is 0 Å². The van der Waals surface area contributed by atoms with Gasteiger partial charge in [-0.05, 0) is 42.9 Å². The summed E-state index contributed by atoms with van der Waals surface area (Å²) < 4.78 is 0. The molecule has 0 heterocycles. The summed E-state index contributed by atoms with van der Waals surface area (Å²) in [4.78, 5) is 12.1. The molecule has 1 amide bonds. The number of hydrogen-bond acceptors (Lipinski definition) is 2. The number of carbonyl (C=O) groups is 1. The van der Waals surface area contributed by atoms with Crippen LogP contribution in [0.1, 0.15) is 39.2 Å². The summed E-state index contributed by atoms with van der Waals surface area (Å²) >= 11 is 0. The molecular weight excluding hydrogens is 236 g/mol. The van der Waals surface area contributed by atoms with Crippen LogP contribution in [-0.4, -0.2) is 12.5 Å². The molecular formula is C16H26N2O. The van der Waals surface area contributed by atoms with Crippen molar-refractivity contribution in [3.05, 3.63) is 29.8 Å². The minimum absolute atomic E-state index is 0.0667. The summed E-state index contributed by atoms with van der Waals surface area (Å²) in [7, 11) is 0. The molecule has 0 fully saturated rings. The number of amides is 1. The molecule has 0 saturated carbocycles. The Morgan fingerprint density at radius 2 is 2.00 bits per heavy atom. The highest BCUT2D eigenvalue weighted by molar-refractivity contribution is 5.91. The third-order valence-corrected chi connectivity index (χ3v) is 3.28. The molecule has 0 aromatic heterocycles. The molecule has 1 atom stereocenters. The van der Waals surface area contributed by atoms with Crippen molar-refractivity contribution in [2.45, 2.75) is 40.0 Å². The van der Waals surface area contributed by atoms with E-state index in [1.165, 1.54) is 5.56 Å². The minimum atomic E-state index is 0.0667. The minimum Gasteiger partial charge on any atom is -0.330 e. The van der Waals surface area contributed by atoms with Gasteiger partial charge in [-0.15, -0.1) is 0 Å². The van der Waals surface area contributed by atoms with E-state index in [-0.39, 0.29) is 11.8 Å². The molecule has 3 heteroatoms. The maximum atomic E-state index is 12.1. The second-order valence-corrected chi connectivity index (χ2v) is 5.49. The smallest absolute Gasteiger partial charge is 0.224 e. The van der Waals surface area contributed by atoms with E-state index in [9.17, 15) is 4.79 Å². The first-order chi connectivity index (χ1) is 9.06. The lowest BCUT2D eigenvalue weighted by Gasteiger charge is -2.17. The van der Waals surface area contributed by atoms with Crippen molar-refractivity contribution >= 4 is 11.6 Å². The van der Waals surface area contributed by atoms with E-state index in [2.05, 4.69) is 26.1 Å². The number of hydrogen-bond donors (Lipinski definition) is 2. The molecule has 0 aliphatic heterocycles. The van der Waals surface area contributed by atoms with Crippen molar-refractivity contribution in [2.24, 2.45) is 17.6 Å². The molecule has 0 spiro atoms. The number of para-hydroxylation sites is 1. The second kappa shape index (κ2) is 7.95. The van der Waals surface area contributed by atoms with Crippen LogP contribution in [0.25, 0.3) is 0 Å². The fourth-order valence-electron chi connectivity index (χ4n) is 2.34. The lowest BCUT2D eigenvalue weighted by Crippen LogP contribution is -2.23. The predicted octanol–water partition coefficient (Wildman–Crippen LogP) is 3.20. The Kier molecular flexibility index (Phi) is 6.57. The Labute approximate surface area is 116 Å². The van der Waals surface area contributed by atoms with Gasteiger partial charge < -0.3 is 11.1 Å². The van der Waals surface area contributed by atoms with Gasteiger partial charge in [-0.1, -0.05) is 39.0 Å². The van der Waals surface area contributed by atoms with Crippen LogP contribution in [0.4, 0.5) is 5.69 Å². The molecule has 1 rings (SSSR count). The third-order valence-electron chi connectivity index (χ3n) is 3.28. The summed E-state index contributed by atoms with van der Waals surface area (Å²) in [6.07, 6.45) is 2.43. The Balaban J connectivity index is 2.59. The van der Waals surface area contributed by atoms with Crippen molar-refractivity contribution in [1.82, 2.24) is 0 Å². The fraction of sp³-hybridized carbons (Fsp3) is 0.562. The zero-order chi connectivity index (χ0) is 14.3. The molecule has 0 saturated heterocycles. The summed E-state index contributed by atoms with van der Waals surface area (Å²) in [6, 6.07) is 7.94. The molecule has 3 N–H and O–H groups in total. The van der Waals surface area contributed by atoms with E-state index < -0.39 is 0 Å². The SMILES string of the molecule is CCc1ccccc1NC(=O)CC(CN)CC(C)C. The molecule has 0 radical (unpaired) electrons. The monoisotopic (exact) mass is 262 g/mol. The van der Waals surface area contributed by atoms with Crippen LogP contribution in [0.15, 0.2) is 24.3 Å². The van der Waals surface area contributed by atoms with Crippen molar-refractivity contribution in [2.75, 3.05) is 11.9 Å². The van der Waals surface area contributed by atoms with Gasteiger partial charge in [0.15, 0.2) is 0 Å². The molecule has 1 aromatic rings. The van der Waals surface area contributed by atoms with E-state index in [1.807, 2.05) is 24.3 Å². The van der Waals surface area contributed by atoms with Crippen LogP contribution in [0.5, 0.6) is 0 Å². The maximum Gasteiger partial charge on any atom is 0.224 e. The number of nitrogens with one attached hydrogen (secondary N) is 1. The predicted molar refractivity (Wildman–Crippen MR) is 81.1 cm³/mol. The summed E-state index contributed by atoms with van der Waals surface area (Å²) in [5.41, 5.74) is 7.84. The number of anilines is 1. The number of carbonyl (C=O) groups excluding carboxylic acids is 1. The van der Waals surface area contributed by atoms with Gasteiger partial charge in [0.05, 0.1) is 0 Å². The number of nitrogens with two attached hydrogens (primary N) is 1. The van der Waals surface area contributed by atoms with Crippen LogP contribution in [0, 0.1) is 11.8 Å². The number of rotatable bonds is 7. The molecule has 106 valence electrons. The Morgan fingerprint density at radius 3 is 2.58 bits per heavy atom. The van der Waals surface area contributed by atoms with Crippen LogP contribution in [0.2, 0.25) is 0 Å². The van der Waals surface area contributed by atoms with Crippen LogP contribution < -0.4 is 11.1 Å². The lowest BCUT2D eigenvalue weighted by atomic mass is 9.94. The topological polar surface area (TPSA) is 55.1 Å². The van der Waals surface area contributed by atoms with Gasteiger partial charge in [0.25, 0.3) is 0 Å². The van der Waals surface area contributed by atoms with Crippen LogP contribution in [-0.2, 0) is 11.2 Å². The first kappa shape index (κ1) is 15.7. The van der Waals surface area contributed by atoms with E-state index in [0.29, 0.717) is 18.9 Å². The summed E-state index contributed by atoms with van der Waals surface area (Å²) in [6.45, 7) is 6.98. The first-order valence-electron chi connectivity index (χ1n) is 7.14. The van der Waals surface area contributed by atoms with Crippen LogP contribution >= 0.6 is 0 Å². The molecule has 19 heavy (non-hydrogen) atoms. The molecule has 0 bridgehead atoms. The fourth-order valence-corrected chi connectivity index (χ4v) is 2.34. The van der Waals surface area contributed by atoms with Gasteiger partial charge in [-0.2, -0.15) is 0 Å². The second-order valence-electron chi connectivity index (χ2n) is 5.49. The van der Waals surface area contributed by atoms with Crippen molar-refractivity contribution in [1.29, 1.82) is 0 Å². The highest BCUT2D eigenvalue weighted by atomic mass is 16.1.